The molecule has 19 heavy (non-hydrogen) atoms. The van der Waals surface area contributed by atoms with Crippen LogP contribution in [0.15, 0.2) is 34.8 Å². The van der Waals surface area contributed by atoms with Gasteiger partial charge in [-0.05, 0) is 34.1 Å². The van der Waals surface area contributed by atoms with Crippen molar-refractivity contribution in [2.45, 2.75) is 0 Å². The molecular formula is C13H11BrF2N2O. The van der Waals surface area contributed by atoms with Crippen LogP contribution in [0.2, 0.25) is 0 Å². The second-order valence-electron chi connectivity index (χ2n) is 3.82. The van der Waals surface area contributed by atoms with E-state index in [1.807, 2.05) is 0 Å². The third-order valence-corrected chi connectivity index (χ3v) is 3.23. The van der Waals surface area contributed by atoms with Crippen molar-refractivity contribution < 1.29 is 13.5 Å². The number of hydrogen-bond acceptors (Lipinski definition) is 3. The van der Waals surface area contributed by atoms with Gasteiger partial charge in [-0.3, -0.25) is 0 Å². The van der Waals surface area contributed by atoms with Crippen LogP contribution in [0.5, 0.6) is 5.75 Å². The summed E-state index contributed by atoms with van der Waals surface area (Å²) in [5.41, 5.74) is 6.18. The van der Waals surface area contributed by atoms with Crippen molar-refractivity contribution in [1.82, 2.24) is 0 Å². The molecule has 2 rings (SSSR count). The lowest BCUT2D eigenvalue weighted by atomic mass is 10.2. The van der Waals surface area contributed by atoms with Crippen LogP contribution < -0.4 is 15.8 Å². The quantitative estimate of drug-likeness (QED) is 0.835. The zero-order chi connectivity index (χ0) is 14.0. The van der Waals surface area contributed by atoms with Gasteiger partial charge in [0.25, 0.3) is 0 Å². The van der Waals surface area contributed by atoms with Gasteiger partial charge in [-0.2, -0.15) is 0 Å². The van der Waals surface area contributed by atoms with E-state index in [1.165, 1.54) is 7.11 Å². The summed E-state index contributed by atoms with van der Waals surface area (Å²) in [5, 5.41) is 2.86. The highest BCUT2D eigenvalue weighted by Gasteiger charge is 2.10. The van der Waals surface area contributed by atoms with E-state index in [2.05, 4.69) is 21.2 Å². The number of anilines is 3. The summed E-state index contributed by atoms with van der Waals surface area (Å²) in [6.45, 7) is 0. The maximum absolute atomic E-state index is 13.3. The summed E-state index contributed by atoms with van der Waals surface area (Å²) in [6.07, 6.45) is 0. The molecule has 0 fully saturated rings. The lowest BCUT2D eigenvalue weighted by molar-refractivity contribution is 0.415. The van der Waals surface area contributed by atoms with Crippen LogP contribution in [0.3, 0.4) is 0 Å². The average Bonchev–Trinajstić information content (AvgIpc) is 2.38. The predicted molar refractivity (Wildman–Crippen MR) is 74.7 cm³/mol. The lowest BCUT2D eigenvalue weighted by Gasteiger charge is -2.13. The van der Waals surface area contributed by atoms with Crippen LogP contribution in [-0.4, -0.2) is 7.11 Å². The van der Waals surface area contributed by atoms with Crippen molar-refractivity contribution in [2.24, 2.45) is 0 Å². The predicted octanol–water partition coefficient (Wildman–Crippen LogP) is 4.06. The van der Waals surface area contributed by atoms with E-state index >= 15 is 0 Å². The van der Waals surface area contributed by atoms with E-state index in [0.29, 0.717) is 11.4 Å². The Labute approximate surface area is 117 Å². The summed E-state index contributed by atoms with van der Waals surface area (Å²) in [4.78, 5) is 0. The van der Waals surface area contributed by atoms with Crippen LogP contribution in [0.4, 0.5) is 25.8 Å². The Bertz CT molecular complexity index is 620. The molecule has 0 atom stereocenters. The van der Waals surface area contributed by atoms with E-state index < -0.39 is 11.6 Å². The van der Waals surface area contributed by atoms with Crippen LogP contribution in [-0.2, 0) is 0 Å². The Kier molecular flexibility index (Phi) is 3.90. The number of nitrogens with two attached hydrogens (primary N) is 1. The molecule has 100 valence electrons. The molecule has 0 heterocycles. The molecule has 0 saturated carbocycles. The van der Waals surface area contributed by atoms with Crippen molar-refractivity contribution in [3.05, 3.63) is 46.4 Å². The fraction of sp³-hybridized carbons (Fsp3) is 0.0769. The molecule has 0 saturated heterocycles. The minimum atomic E-state index is -0.804. The zero-order valence-corrected chi connectivity index (χ0v) is 11.6. The van der Waals surface area contributed by atoms with Gasteiger partial charge < -0.3 is 15.8 Å². The largest absolute Gasteiger partial charge is 0.497 e. The number of halogens is 3. The third kappa shape index (κ3) is 2.96. The highest BCUT2D eigenvalue weighted by Crippen LogP contribution is 2.33. The second-order valence-corrected chi connectivity index (χ2v) is 4.67. The fourth-order valence-corrected chi connectivity index (χ4v) is 1.91. The molecule has 0 bridgehead atoms. The summed E-state index contributed by atoms with van der Waals surface area (Å²) in [7, 11) is 1.53. The Morgan fingerprint density at radius 3 is 2.58 bits per heavy atom. The maximum Gasteiger partial charge on any atom is 0.151 e. The van der Waals surface area contributed by atoms with Crippen LogP contribution >= 0.6 is 15.9 Å². The van der Waals surface area contributed by atoms with Gasteiger partial charge in [-0.25, -0.2) is 8.78 Å². The maximum atomic E-state index is 13.3. The number of benzene rings is 2. The number of hydrogen-bond donors (Lipinski definition) is 2. The van der Waals surface area contributed by atoms with Gasteiger partial charge in [0.1, 0.15) is 11.6 Å². The van der Waals surface area contributed by atoms with Gasteiger partial charge >= 0.3 is 0 Å². The van der Waals surface area contributed by atoms with Crippen LogP contribution in [0, 0.1) is 11.6 Å². The Hall–Kier alpha value is -1.82. The highest BCUT2D eigenvalue weighted by atomic mass is 79.9. The first-order chi connectivity index (χ1) is 9.01. The first-order valence-corrected chi connectivity index (χ1v) is 6.15. The number of methoxy groups -OCH3 is 1. The normalized spacial score (nSPS) is 10.3. The van der Waals surface area contributed by atoms with Gasteiger partial charge in [0, 0.05) is 16.6 Å². The van der Waals surface area contributed by atoms with Gasteiger partial charge in [0.2, 0.25) is 0 Å². The molecule has 0 aliphatic carbocycles. The zero-order valence-electron chi connectivity index (χ0n) is 10.0. The lowest BCUT2D eigenvalue weighted by Crippen LogP contribution is -2.01. The van der Waals surface area contributed by atoms with E-state index in [0.717, 1.165) is 16.6 Å². The molecular weight excluding hydrogens is 318 g/mol. The number of nitrogen functional groups attached to an aromatic ring is 1. The summed E-state index contributed by atoms with van der Waals surface area (Å²) >= 11 is 3.33. The Morgan fingerprint density at radius 2 is 1.89 bits per heavy atom. The molecule has 2 aromatic carbocycles. The molecule has 3 nitrogen and oxygen atoms in total. The molecule has 0 aromatic heterocycles. The van der Waals surface area contributed by atoms with Crippen LogP contribution in [0.25, 0.3) is 0 Å². The van der Waals surface area contributed by atoms with Crippen LogP contribution in [0.1, 0.15) is 0 Å². The highest BCUT2D eigenvalue weighted by molar-refractivity contribution is 9.10. The Morgan fingerprint density at radius 1 is 1.16 bits per heavy atom. The topological polar surface area (TPSA) is 47.3 Å². The molecule has 0 amide bonds. The summed E-state index contributed by atoms with van der Waals surface area (Å²) in [6, 6.07) is 7.07. The van der Waals surface area contributed by atoms with E-state index in [-0.39, 0.29) is 11.4 Å². The molecule has 0 spiro atoms. The molecule has 0 aliphatic heterocycles. The van der Waals surface area contributed by atoms with Gasteiger partial charge in [-0.1, -0.05) is 0 Å². The van der Waals surface area contributed by atoms with Gasteiger partial charge in [-0.15, -0.1) is 0 Å². The monoisotopic (exact) mass is 328 g/mol. The molecule has 6 heteroatoms. The summed E-state index contributed by atoms with van der Waals surface area (Å²) < 4.78 is 32.3. The SMILES string of the molecule is COc1ccc(Br)c(Nc2cc(F)cc(F)c2N)c1. The first kappa shape index (κ1) is 13.6. The number of ether oxygens (including phenoxy) is 1. The standard InChI is InChI=1S/C13H11BrF2N2O/c1-19-8-2-3-9(14)11(6-8)18-12-5-7(15)4-10(16)13(12)17/h2-6,18H,17H2,1H3. The molecule has 0 aliphatic rings. The molecule has 0 radical (unpaired) electrons. The fourth-order valence-electron chi connectivity index (χ4n) is 1.56. The van der Waals surface area contributed by atoms with Crippen molar-refractivity contribution in [1.29, 1.82) is 0 Å². The van der Waals surface area contributed by atoms with Gasteiger partial charge in [0.15, 0.2) is 5.82 Å². The van der Waals surface area contributed by atoms with E-state index in [1.54, 1.807) is 18.2 Å². The van der Waals surface area contributed by atoms with Crippen molar-refractivity contribution >= 4 is 33.0 Å². The smallest absolute Gasteiger partial charge is 0.151 e. The van der Waals surface area contributed by atoms with E-state index in [4.69, 9.17) is 10.5 Å². The number of rotatable bonds is 3. The third-order valence-electron chi connectivity index (χ3n) is 2.54. The van der Waals surface area contributed by atoms with Gasteiger partial charge in [0.05, 0.1) is 24.2 Å². The molecule has 2 aromatic rings. The minimum absolute atomic E-state index is 0.142. The number of nitrogens with one attached hydrogen (secondary N) is 1. The molecule has 3 N–H and O–H groups in total. The summed E-state index contributed by atoms with van der Waals surface area (Å²) in [5.74, 6) is -0.893. The second kappa shape index (κ2) is 5.44. The van der Waals surface area contributed by atoms with Crippen molar-refractivity contribution in [3.8, 4) is 5.75 Å². The average molecular weight is 329 g/mol. The first-order valence-electron chi connectivity index (χ1n) is 5.36. The Balaban J connectivity index is 2.41. The van der Waals surface area contributed by atoms with E-state index in [9.17, 15) is 8.78 Å². The van der Waals surface area contributed by atoms with Crippen molar-refractivity contribution in [2.75, 3.05) is 18.2 Å². The minimum Gasteiger partial charge on any atom is -0.497 e. The van der Waals surface area contributed by atoms with Crippen molar-refractivity contribution in [3.63, 3.8) is 0 Å². The molecule has 0 unspecified atom stereocenters.